The minimum absolute atomic E-state index is 0. The first-order valence-corrected chi connectivity index (χ1v) is 5.78. The number of halogens is 2. The third-order valence-electron chi connectivity index (χ3n) is 2.24. The molecule has 2 aromatic rings. The van der Waals surface area contributed by atoms with Gasteiger partial charge >= 0.3 is 0 Å². The Balaban J connectivity index is 0.00000144. The lowest BCUT2D eigenvalue weighted by Gasteiger charge is -1.97. The zero-order chi connectivity index (χ0) is 11.4. The van der Waals surface area contributed by atoms with Gasteiger partial charge in [-0.05, 0) is 22.0 Å². The summed E-state index contributed by atoms with van der Waals surface area (Å²) in [5, 5.41) is 0. The van der Waals surface area contributed by atoms with Crippen LogP contribution in [0.15, 0.2) is 59.3 Å². The highest BCUT2D eigenvalue weighted by Gasteiger charge is 2.11. The molecular formula is C13H11BrClNO. The lowest BCUT2D eigenvalue weighted by atomic mass is 10.1. The first-order chi connectivity index (χ1) is 7.75. The minimum Gasteiger partial charge on any atom is -1.00 e. The Morgan fingerprint density at radius 1 is 1.12 bits per heavy atom. The first kappa shape index (κ1) is 13.9. The van der Waals surface area contributed by atoms with Crippen LogP contribution in [0.2, 0.25) is 0 Å². The van der Waals surface area contributed by atoms with Gasteiger partial charge in [0, 0.05) is 11.6 Å². The Morgan fingerprint density at radius 3 is 2.47 bits per heavy atom. The number of hydrogen-bond acceptors (Lipinski definition) is 1. The van der Waals surface area contributed by atoms with Crippen LogP contribution < -0.4 is 17.0 Å². The van der Waals surface area contributed by atoms with Crippen LogP contribution in [0.3, 0.4) is 0 Å². The molecule has 88 valence electrons. The fraction of sp³-hybridized carbons (Fsp3) is 0.0769. The number of benzene rings is 1. The van der Waals surface area contributed by atoms with Crippen molar-refractivity contribution in [3.63, 3.8) is 0 Å². The van der Waals surface area contributed by atoms with E-state index in [9.17, 15) is 4.79 Å². The Morgan fingerprint density at radius 2 is 1.82 bits per heavy atom. The normalized spacial score (nSPS) is 9.47. The molecule has 0 aliphatic heterocycles. The number of nitrogens with zero attached hydrogens (tertiary/aromatic N) is 1. The van der Waals surface area contributed by atoms with Gasteiger partial charge in [0.1, 0.15) is 0 Å². The zero-order valence-electron chi connectivity index (χ0n) is 9.01. The van der Waals surface area contributed by atoms with Gasteiger partial charge < -0.3 is 12.4 Å². The summed E-state index contributed by atoms with van der Waals surface area (Å²) in [6.07, 6.45) is 3.77. The molecule has 1 aromatic heterocycles. The maximum Gasteiger partial charge on any atom is 0.227 e. The molecule has 0 saturated heterocycles. The third-order valence-corrected chi connectivity index (χ3v) is 2.71. The Bertz CT molecular complexity index is 502. The van der Waals surface area contributed by atoms with Crippen molar-refractivity contribution in [2.45, 2.75) is 6.54 Å². The average molecular weight is 313 g/mol. The fourth-order valence-corrected chi connectivity index (χ4v) is 1.89. The van der Waals surface area contributed by atoms with Crippen LogP contribution >= 0.6 is 15.9 Å². The predicted molar refractivity (Wildman–Crippen MR) is 65.1 cm³/mol. The van der Waals surface area contributed by atoms with E-state index in [1.54, 1.807) is 0 Å². The van der Waals surface area contributed by atoms with E-state index in [2.05, 4.69) is 15.9 Å². The quantitative estimate of drug-likeness (QED) is 0.559. The molecule has 0 aliphatic carbocycles. The van der Waals surface area contributed by atoms with E-state index >= 15 is 0 Å². The van der Waals surface area contributed by atoms with Gasteiger partial charge in [0.25, 0.3) is 0 Å². The predicted octanol–water partition coefficient (Wildman–Crippen LogP) is -0.377. The van der Waals surface area contributed by atoms with Crippen molar-refractivity contribution in [3.8, 4) is 0 Å². The number of pyridine rings is 1. The number of carbonyl (C=O) groups excluding carboxylic acids is 1. The molecule has 2 nitrogen and oxygen atoms in total. The number of rotatable bonds is 3. The molecule has 0 spiro atoms. The van der Waals surface area contributed by atoms with Crippen LogP contribution in [0.5, 0.6) is 0 Å². The summed E-state index contributed by atoms with van der Waals surface area (Å²) in [4.78, 5) is 11.9. The van der Waals surface area contributed by atoms with E-state index < -0.39 is 0 Å². The van der Waals surface area contributed by atoms with Crippen LogP contribution in [0.1, 0.15) is 10.4 Å². The highest BCUT2D eigenvalue weighted by atomic mass is 79.9. The molecule has 2 rings (SSSR count). The van der Waals surface area contributed by atoms with Crippen LogP contribution in [-0.2, 0) is 6.54 Å². The number of aromatic nitrogens is 1. The van der Waals surface area contributed by atoms with E-state index in [4.69, 9.17) is 0 Å². The topological polar surface area (TPSA) is 20.9 Å². The molecule has 0 radical (unpaired) electrons. The highest BCUT2D eigenvalue weighted by Crippen LogP contribution is 2.04. The molecule has 0 fully saturated rings. The van der Waals surface area contributed by atoms with Crippen LogP contribution in [0, 0.1) is 0 Å². The molecule has 0 N–H and O–H groups in total. The van der Waals surface area contributed by atoms with Crippen molar-refractivity contribution in [1.82, 2.24) is 0 Å². The number of Topliss-reactive ketones (excluding diaryl/α,β-unsaturated/α-hetero) is 1. The molecule has 4 heteroatoms. The fourth-order valence-electron chi connectivity index (χ4n) is 1.47. The van der Waals surface area contributed by atoms with Gasteiger partial charge in [-0.1, -0.05) is 30.3 Å². The third kappa shape index (κ3) is 3.95. The summed E-state index contributed by atoms with van der Waals surface area (Å²) in [6.45, 7) is 0.365. The maximum absolute atomic E-state index is 11.9. The number of ketones is 1. The summed E-state index contributed by atoms with van der Waals surface area (Å²) < 4.78 is 2.83. The lowest BCUT2D eigenvalue weighted by Crippen LogP contribution is -3.00. The zero-order valence-corrected chi connectivity index (χ0v) is 11.4. The molecule has 17 heavy (non-hydrogen) atoms. The van der Waals surface area contributed by atoms with Crippen LogP contribution in [0.25, 0.3) is 0 Å². The van der Waals surface area contributed by atoms with Gasteiger partial charge in [0.2, 0.25) is 12.3 Å². The Hall–Kier alpha value is -1.19. The maximum atomic E-state index is 11.9. The molecule has 0 saturated carbocycles. The van der Waals surface area contributed by atoms with E-state index in [1.807, 2.05) is 59.4 Å². The molecule has 0 bridgehead atoms. The van der Waals surface area contributed by atoms with Crippen molar-refractivity contribution < 1.29 is 21.8 Å². The summed E-state index contributed by atoms with van der Waals surface area (Å²) in [5.74, 6) is 0.115. The van der Waals surface area contributed by atoms with Crippen LogP contribution in [-0.4, -0.2) is 5.78 Å². The molecular weight excluding hydrogens is 302 g/mol. The summed E-state index contributed by atoms with van der Waals surface area (Å²) in [7, 11) is 0. The summed E-state index contributed by atoms with van der Waals surface area (Å²) in [5.41, 5.74) is 0.745. The summed E-state index contributed by atoms with van der Waals surface area (Å²) >= 11 is 3.38. The van der Waals surface area contributed by atoms with Gasteiger partial charge in [-0.2, -0.15) is 4.57 Å². The summed E-state index contributed by atoms with van der Waals surface area (Å²) in [6, 6.07) is 13.2. The van der Waals surface area contributed by atoms with E-state index in [0.717, 1.165) is 10.0 Å². The van der Waals surface area contributed by atoms with Gasteiger partial charge in [-0.15, -0.1) is 0 Å². The monoisotopic (exact) mass is 311 g/mol. The Labute approximate surface area is 115 Å². The van der Waals surface area contributed by atoms with E-state index in [0.29, 0.717) is 6.54 Å². The van der Waals surface area contributed by atoms with Gasteiger partial charge in [-0.3, -0.25) is 4.79 Å². The van der Waals surface area contributed by atoms with Gasteiger partial charge in [-0.25, -0.2) is 0 Å². The second kappa shape index (κ2) is 6.52. The van der Waals surface area contributed by atoms with E-state index in [1.165, 1.54) is 0 Å². The molecule has 0 atom stereocenters. The van der Waals surface area contributed by atoms with Crippen molar-refractivity contribution in [3.05, 3.63) is 64.9 Å². The van der Waals surface area contributed by atoms with Crippen LogP contribution in [0.4, 0.5) is 0 Å². The molecule has 0 aliphatic rings. The highest BCUT2D eigenvalue weighted by molar-refractivity contribution is 9.10. The second-order valence-corrected chi connectivity index (χ2v) is 4.40. The lowest BCUT2D eigenvalue weighted by molar-refractivity contribution is -0.683. The van der Waals surface area contributed by atoms with Gasteiger partial charge in [0.15, 0.2) is 12.4 Å². The van der Waals surface area contributed by atoms with Crippen molar-refractivity contribution in [2.24, 2.45) is 0 Å². The van der Waals surface area contributed by atoms with Gasteiger partial charge in [0.05, 0.1) is 4.47 Å². The molecule has 1 aromatic carbocycles. The molecule has 0 unspecified atom stereocenters. The molecule has 0 amide bonds. The first-order valence-electron chi connectivity index (χ1n) is 4.98. The molecule has 1 heterocycles. The number of carbonyl (C=O) groups is 1. The van der Waals surface area contributed by atoms with Crippen molar-refractivity contribution in [1.29, 1.82) is 0 Å². The van der Waals surface area contributed by atoms with E-state index in [-0.39, 0.29) is 18.2 Å². The average Bonchev–Trinajstić information content (AvgIpc) is 2.30. The SMILES string of the molecule is O=C(C[n+]1cccc(Br)c1)c1ccccc1.[Cl-]. The standard InChI is InChI=1S/C13H11BrNO.ClH/c14-12-7-4-8-15(9-12)10-13(16)11-5-2-1-3-6-11;/h1-9H,10H2;1H/q+1;/p-1. The smallest absolute Gasteiger partial charge is 0.227 e. The minimum atomic E-state index is 0. The van der Waals surface area contributed by atoms with Crippen molar-refractivity contribution >= 4 is 21.7 Å². The van der Waals surface area contributed by atoms with Crippen molar-refractivity contribution in [2.75, 3.05) is 0 Å². The number of hydrogen-bond donors (Lipinski definition) is 0. The largest absolute Gasteiger partial charge is 1.00 e. The second-order valence-electron chi connectivity index (χ2n) is 3.48. The Kier molecular flexibility index (Phi) is 5.32.